The number of carbonyl (C=O) groups is 2. The minimum Gasteiger partial charge on any atom is -0.452 e. The summed E-state index contributed by atoms with van der Waals surface area (Å²) in [5.74, 6) is -1.02. The van der Waals surface area contributed by atoms with Gasteiger partial charge in [-0.25, -0.2) is 4.79 Å². The lowest BCUT2D eigenvalue weighted by Gasteiger charge is -2.12. The molecule has 0 bridgehead atoms. The summed E-state index contributed by atoms with van der Waals surface area (Å²) in [7, 11) is 0. The number of hydrogen-bond donors (Lipinski definition) is 3. The first-order chi connectivity index (χ1) is 13.2. The van der Waals surface area contributed by atoms with Crippen LogP contribution in [-0.4, -0.2) is 36.7 Å². The summed E-state index contributed by atoms with van der Waals surface area (Å²) in [4.78, 5) is 24.5. The van der Waals surface area contributed by atoms with Crippen LogP contribution in [0.15, 0.2) is 66.7 Å². The Bertz CT molecular complexity index is 950. The van der Waals surface area contributed by atoms with Gasteiger partial charge in [-0.1, -0.05) is 48.5 Å². The Balaban J connectivity index is 1.63. The average molecular weight is 364 g/mol. The van der Waals surface area contributed by atoms with Crippen LogP contribution in [0.5, 0.6) is 0 Å². The molecule has 0 heterocycles. The van der Waals surface area contributed by atoms with E-state index in [-0.39, 0.29) is 6.61 Å². The van der Waals surface area contributed by atoms with Crippen LogP contribution in [0.1, 0.15) is 10.4 Å². The Morgan fingerprint density at radius 1 is 0.889 bits per heavy atom. The Morgan fingerprint density at radius 2 is 1.59 bits per heavy atom. The van der Waals surface area contributed by atoms with Crippen molar-refractivity contribution in [3.8, 4) is 0 Å². The van der Waals surface area contributed by atoms with Gasteiger partial charge >= 0.3 is 5.97 Å². The van der Waals surface area contributed by atoms with Gasteiger partial charge in [0.1, 0.15) is 0 Å². The molecule has 0 fully saturated rings. The summed E-state index contributed by atoms with van der Waals surface area (Å²) in [5.41, 5.74) is 1.52. The largest absolute Gasteiger partial charge is 0.452 e. The van der Waals surface area contributed by atoms with Gasteiger partial charge in [0, 0.05) is 23.3 Å². The molecule has 27 heavy (non-hydrogen) atoms. The van der Waals surface area contributed by atoms with Crippen molar-refractivity contribution < 1.29 is 19.4 Å². The van der Waals surface area contributed by atoms with Crippen molar-refractivity contribution in [1.82, 2.24) is 0 Å². The van der Waals surface area contributed by atoms with Crippen molar-refractivity contribution in [3.63, 3.8) is 0 Å². The SMILES string of the molecule is O=C(COC(=O)c1ccccc1NCCO)Nc1cccc2ccccc12. The predicted molar refractivity (Wildman–Crippen MR) is 105 cm³/mol. The van der Waals surface area contributed by atoms with Crippen molar-refractivity contribution in [2.75, 3.05) is 30.4 Å². The number of nitrogens with one attached hydrogen (secondary N) is 2. The number of ether oxygens (including phenoxy) is 1. The zero-order valence-electron chi connectivity index (χ0n) is 14.6. The molecule has 0 radical (unpaired) electrons. The normalized spacial score (nSPS) is 10.4. The number of hydrogen-bond acceptors (Lipinski definition) is 5. The smallest absolute Gasteiger partial charge is 0.340 e. The number of fused-ring (bicyclic) bond motifs is 1. The van der Waals surface area contributed by atoms with Crippen LogP contribution < -0.4 is 10.6 Å². The number of para-hydroxylation sites is 1. The van der Waals surface area contributed by atoms with Gasteiger partial charge in [-0.15, -0.1) is 0 Å². The van der Waals surface area contributed by atoms with E-state index in [2.05, 4.69) is 10.6 Å². The maximum absolute atomic E-state index is 12.3. The van der Waals surface area contributed by atoms with Gasteiger partial charge in [-0.05, 0) is 23.6 Å². The minimum absolute atomic E-state index is 0.0587. The van der Waals surface area contributed by atoms with Gasteiger partial charge in [0.15, 0.2) is 6.61 Å². The van der Waals surface area contributed by atoms with Crippen LogP contribution in [0.25, 0.3) is 10.8 Å². The topological polar surface area (TPSA) is 87.7 Å². The first kappa shape index (κ1) is 18.4. The fraction of sp³-hybridized carbons (Fsp3) is 0.143. The van der Waals surface area contributed by atoms with Gasteiger partial charge in [0.25, 0.3) is 5.91 Å². The maximum Gasteiger partial charge on any atom is 0.340 e. The molecule has 1 amide bonds. The third-order valence-corrected chi connectivity index (χ3v) is 3.97. The number of rotatable bonds is 7. The van der Waals surface area contributed by atoms with E-state index in [1.807, 2.05) is 36.4 Å². The van der Waals surface area contributed by atoms with Gasteiger partial charge in [0.2, 0.25) is 0 Å². The molecule has 0 atom stereocenters. The monoisotopic (exact) mass is 364 g/mol. The van der Waals surface area contributed by atoms with Crippen molar-refractivity contribution in [2.24, 2.45) is 0 Å². The van der Waals surface area contributed by atoms with Gasteiger partial charge in [-0.2, -0.15) is 0 Å². The fourth-order valence-corrected chi connectivity index (χ4v) is 2.74. The van der Waals surface area contributed by atoms with E-state index in [4.69, 9.17) is 9.84 Å². The van der Waals surface area contributed by atoms with Crippen molar-refractivity contribution >= 4 is 34.0 Å². The van der Waals surface area contributed by atoms with Crippen molar-refractivity contribution in [1.29, 1.82) is 0 Å². The van der Waals surface area contributed by atoms with Crippen LogP contribution in [0.2, 0.25) is 0 Å². The Hall–Kier alpha value is -3.38. The molecule has 0 saturated carbocycles. The zero-order chi connectivity index (χ0) is 19.1. The second kappa shape index (κ2) is 8.82. The maximum atomic E-state index is 12.3. The Kier molecular flexibility index (Phi) is 6.02. The first-order valence-corrected chi connectivity index (χ1v) is 8.57. The van der Waals surface area contributed by atoms with Crippen LogP contribution in [0.3, 0.4) is 0 Å². The highest BCUT2D eigenvalue weighted by Crippen LogP contribution is 2.23. The molecule has 3 rings (SSSR count). The Labute approximate surface area is 156 Å². The van der Waals surface area contributed by atoms with E-state index in [9.17, 15) is 9.59 Å². The predicted octanol–water partition coefficient (Wildman–Crippen LogP) is 3.04. The lowest BCUT2D eigenvalue weighted by Crippen LogP contribution is -2.21. The average Bonchev–Trinajstić information content (AvgIpc) is 2.71. The van der Waals surface area contributed by atoms with Crippen LogP contribution >= 0.6 is 0 Å². The highest BCUT2D eigenvalue weighted by Gasteiger charge is 2.14. The number of amides is 1. The highest BCUT2D eigenvalue weighted by atomic mass is 16.5. The van der Waals surface area contributed by atoms with Crippen LogP contribution in [0, 0.1) is 0 Å². The molecule has 3 aromatic carbocycles. The molecule has 0 aliphatic rings. The first-order valence-electron chi connectivity index (χ1n) is 8.57. The Morgan fingerprint density at radius 3 is 2.44 bits per heavy atom. The van der Waals surface area contributed by atoms with Crippen LogP contribution in [0.4, 0.5) is 11.4 Å². The van der Waals surface area contributed by atoms with E-state index < -0.39 is 18.5 Å². The molecule has 6 nitrogen and oxygen atoms in total. The lowest BCUT2D eigenvalue weighted by atomic mass is 10.1. The quantitative estimate of drug-likeness (QED) is 0.561. The third-order valence-electron chi connectivity index (χ3n) is 3.97. The molecule has 0 saturated heterocycles. The van der Waals surface area contributed by atoms with E-state index in [0.29, 0.717) is 23.5 Å². The molecular weight excluding hydrogens is 344 g/mol. The van der Waals surface area contributed by atoms with Crippen LogP contribution in [-0.2, 0) is 9.53 Å². The molecule has 3 aromatic rings. The number of anilines is 2. The molecular formula is C21H20N2O4. The molecule has 0 unspecified atom stereocenters. The van der Waals surface area contributed by atoms with Crippen molar-refractivity contribution in [2.45, 2.75) is 0 Å². The number of aliphatic hydroxyl groups excluding tert-OH is 1. The number of carbonyl (C=O) groups excluding carboxylic acids is 2. The molecule has 6 heteroatoms. The number of aliphatic hydroxyl groups is 1. The fourth-order valence-electron chi connectivity index (χ4n) is 2.74. The summed E-state index contributed by atoms with van der Waals surface area (Å²) in [6.07, 6.45) is 0. The summed E-state index contributed by atoms with van der Waals surface area (Å²) >= 11 is 0. The van der Waals surface area contributed by atoms with E-state index in [0.717, 1.165) is 10.8 Å². The summed E-state index contributed by atoms with van der Waals surface area (Å²) in [6, 6.07) is 20.1. The molecule has 0 spiro atoms. The molecule has 3 N–H and O–H groups in total. The second-order valence-corrected chi connectivity index (χ2v) is 5.85. The van der Waals surface area contributed by atoms with Gasteiger partial charge in [-0.3, -0.25) is 4.79 Å². The minimum atomic E-state index is -0.607. The lowest BCUT2D eigenvalue weighted by molar-refractivity contribution is -0.119. The summed E-state index contributed by atoms with van der Waals surface area (Å²) in [6.45, 7) is -0.140. The van der Waals surface area contributed by atoms with E-state index >= 15 is 0 Å². The van der Waals surface area contributed by atoms with E-state index in [1.165, 1.54) is 0 Å². The zero-order valence-corrected chi connectivity index (χ0v) is 14.6. The number of esters is 1. The molecule has 0 aromatic heterocycles. The van der Waals surface area contributed by atoms with Gasteiger partial charge < -0.3 is 20.5 Å². The third kappa shape index (κ3) is 4.62. The molecule has 0 aliphatic carbocycles. The molecule has 0 aliphatic heterocycles. The van der Waals surface area contributed by atoms with Crippen molar-refractivity contribution in [3.05, 3.63) is 72.3 Å². The standard InChI is InChI=1S/C21H20N2O4/c24-13-12-22-18-10-4-3-9-17(18)21(26)27-14-20(25)23-19-11-5-7-15-6-1-2-8-16(15)19/h1-11,22,24H,12-14H2,(H,23,25). The highest BCUT2D eigenvalue weighted by molar-refractivity contribution is 6.03. The second-order valence-electron chi connectivity index (χ2n) is 5.85. The summed E-state index contributed by atoms with van der Waals surface area (Å²) in [5, 5.41) is 16.6. The summed E-state index contributed by atoms with van der Waals surface area (Å²) < 4.78 is 5.14. The number of benzene rings is 3. The van der Waals surface area contributed by atoms with E-state index in [1.54, 1.807) is 30.3 Å². The van der Waals surface area contributed by atoms with Gasteiger partial charge in [0.05, 0.1) is 12.2 Å². The molecule has 138 valence electrons.